The van der Waals surface area contributed by atoms with Crippen LogP contribution in [0.2, 0.25) is 0 Å². The van der Waals surface area contributed by atoms with Crippen LogP contribution in [0.5, 0.6) is 0 Å². The number of hydrogen-bond donors (Lipinski definition) is 1. The van der Waals surface area contributed by atoms with Crippen LogP contribution in [-0.4, -0.2) is 25.9 Å². The fraction of sp³-hybridized carbons (Fsp3) is 0.167. The summed E-state index contributed by atoms with van der Waals surface area (Å²) < 4.78 is 77.9. The standard InChI is InChI=1S/C18H10F6N4O/c19-17(20,21)8-28-13-5-10(9-1-3-11(4-2-9)18(22,23)24)6-25-15(13)14-12(16(28)29)7-26-27-14/h1-7H,8H2,(H,26,27). The second-order valence-corrected chi connectivity index (χ2v) is 6.33. The van der Waals surface area contributed by atoms with Gasteiger partial charge in [-0.2, -0.15) is 31.4 Å². The van der Waals surface area contributed by atoms with Crippen molar-refractivity contribution in [2.45, 2.75) is 18.9 Å². The first-order chi connectivity index (χ1) is 13.5. The van der Waals surface area contributed by atoms with Crippen LogP contribution < -0.4 is 5.56 Å². The topological polar surface area (TPSA) is 63.6 Å². The first-order valence-corrected chi connectivity index (χ1v) is 8.14. The SMILES string of the molecule is O=c1c2cn[nH]c2c2ncc(-c3ccc(C(F)(F)F)cc3)cc2n1CC(F)(F)F. The molecule has 0 amide bonds. The molecule has 3 aromatic heterocycles. The van der Waals surface area contributed by atoms with Gasteiger partial charge in [-0.15, -0.1) is 0 Å². The minimum absolute atomic E-state index is 0.0449. The van der Waals surface area contributed by atoms with Crippen LogP contribution in [0, 0.1) is 0 Å². The molecule has 29 heavy (non-hydrogen) atoms. The summed E-state index contributed by atoms with van der Waals surface area (Å²) in [5, 5.41) is 6.20. The third kappa shape index (κ3) is 3.43. The molecule has 11 heteroatoms. The van der Waals surface area contributed by atoms with Gasteiger partial charge in [-0.25, -0.2) is 0 Å². The van der Waals surface area contributed by atoms with Crippen molar-refractivity contribution in [2.24, 2.45) is 0 Å². The molecule has 1 aromatic carbocycles. The molecule has 0 aliphatic heterocycles. The van der Waals surface area contributed by atoms with E-state index in [0.29, 0.717) is 10.1 Å². The van der Waals surface area contributed by atoms with Crippen LogP contribution >= 0.6 is 0 Å². The van der Waals surface area contributed by atoms with E-state index < -0.39 is 30.0 Å². The van der Waals surface area contributed by atoms with Crippen LogP contribution in [0.25, 0.3) is 33.1 Å². The molecule has 0 saturated heterocycles. The Bertz CT molecular complexity index is 1270. The zero-order valence-electron chi connectivity index (χ0n) is 14.3. The molecule has 0 bridgehead atoms. The summed E-state index contributed by atoms with van der Waals surface area (Å²) in [7, 11) is 0. The molecular formula is C18H10F6N4O. The second kappa shape index (κ2) is 6.33. The summed E-state index contributed by atoms with van der Waals surface area (Å²) in [6, 6.07) is 5.39. The van der Waals surface area contributed by atoms with Crippen molar-refractivity contribution in [3.8, 4) is 11.1 Å². The highest BCUT2D eigenvalue weighted by Crippen LogP contribution is 2.32. The van der Waals surface area contributed by atoms with Gasteiger partial charge in [0.2, 0.25) is 0 Å². The van der Waals surface area contributed by atoms with Crippen LogP contribution in [0.1, 0.15) is 5.56 Å². The van der Waals surface area contributed by atoms with E-state index in [1.807, 2.05) is 0 Å². The summed E-state index contributed by atoms with van der Waals surface area (Å²) in [4.78, 5) is 16.7. The van der Waals surface area contributed by atoms with Crippen LogP contribution in [0.4, 0.5) is 26.3 Å². The van der Waals surface area contributed by atoms with Gasteiger partial charge in [0, 0.05) is 11.8 Å². The Morgan fingerprint density at radius 3 is 2.28 bits per heavy atom. The monoisotopic (exact) mass is 412 g/mol. The number of aromatic amines is 1. The Labute approximate surface area is 157 Å². The molecule has 0 unspecified atom stereocenters. The third-order valence-electron chi connectivity index (χ3n) is 4.39. The Balaban J connectivity index is 1.94. The highest BCUT2D eigenvalue weighted by atomic mass is 19.4. The summed E-state index contributed by atoms with van der Waals surface area (Å²) in [6.07, 6.45) is -6.75. The minimum atomic E-state index is -4.67. The summed E-state index contributed by atoms with van der Waals surface area (Å²) >= 11 is 0. The smallest absolute Gasteiger partial charge is 0.297 e. The number of pyridine rings is 2. The molecule has 150 valence electrons. The number of alkyl halides is 6. The maximum atomic E-state index is 13.0. The average molecular weight is 412 g/mol. The number of halogens is 6. The van der Waals surface area contributed by atoms with Gasteiger partial charge in [-0.3, -0.25) is 19.4 Å². The first kappa shape index (κ1) is 19.0. The van der Waals surface area contributed by atoms with Crippen molar-refractivity contribution < 1.29 is 26.3 Å². The van der Waals surface area contributed by atoms with Crippen molar-refractivity contribution in [3.05, 3.63) is 58.6 Å². The van der Waals surface area contributed by atoms with Gasteiger partial charge in [0.15, 0.2) is 0 Å². The van der Waals surface area contributed by atoms with Crippen molar-refractivity contribution >= 4 is 21.9 Å². The molecule has 0 spiro atoms. The highest BCUT2D eigenvalue weighted by Gasteiger charge is 2.31. The summed E-state index contributed by atoms with van der Waals surface area (Å²) in [5.74, 6) is 0. The van der Waals surface area contributed by atoms with E-state index in [2.05, 4.69) is 15.2 Å². The minimum Gasteiger partial charge on any atom is -0.297 e. The molecule has 0 aliphatic carbocycles. The maximum absolute atomic E-state index is 13.0. The molecule has 0 aliphatic rings. The molecule has 3 heterocycles. The van der Waals surface area contributed by atoms with Gasteiger partial charge < -0.3 is 0 Å². The Hall–Kier alpha value is -3.37. The first-order valence-electron chi connectivity index (χ1n) is 8.14. The summed E-state index contributed by atoms with van der Waals surface area (Å²) in [5.41, 5.74) is -1.02. The molecular weight excluding hydrogens is 402 g/mol. The lowest BCUT2D eigenvalue weighted by Crippen LogP contribution is -2.28. The third-order valence-corrected chi connectivity index (χ3v) is 4.39. The van der Waals surface area contributed by atoms with Crippen LogP contribution in [0.3, 0.4) is 0 Å². The molecule has 0 radical (unpaired) electrons. The summed E-state index contributed by atoms with van der Waals surface area (Å²) in [6.45, 7) is -1.54. The van der Waals surface area contributed by atoms with Gasteiger partial charge in [-0.1, -0.05) is 12.1 Å². The molecule has 5 nitrogen and oxygen atoms in total. The fourth-order valence-corrected chi connectivity index (χ4v) is 3.08. The van der Waals surface area contributed by atoms with Crippen molar-refractivity contribution in [1.82, 2.24) is 19.7 Å². The molecule has 4 rings (SSSR count). The molecule has 0 atom stereocenters. The molecule has 0 saturated carbocycles. The van der Waals surface area contributed by atoms with E-state index >= 15 is 0 Å². The fourth-order valence-electron chi connectivity index (χ4n) is 3.08. The number of H-pyrrole nitrogens is 1. The van der Waals surface area contributed by atoms with Crippen molar-refractivity contribution in [1.29, 1.82) is 0 Å². The number of rotatable bonds is 2. The predicted octanol–water partition coefficient (Wildman–Crippen LogP) is 4.52. The Morgan fingerprint density at radius 1 is 0.966 bits per heavy atom. The van der Waals surface area contributed by atoms with Crippen LogP contribution in [-0.2, 0) is 12.7 Å². The molecule has 4 aromatic rings. The van der Waals surface area contributed by atoms with Gasteiger partial charge in [0.05, 0.1) is 28.2 Å². The number of aromatic nitrogens is 4. The van der Waals surface area contributed by atoms with E-state index in [-0.39, 0.29) is 27.5 Å². The number of nitrogens with one attached hydrogen (secondary N) is 1. The van der Waals surface area contributed by atoms with E-state index in [9.17, 15) is 31.1 Å². The number of hydrogen-bond acceptors (Lipinski definition) is 3. The Kier molecular flexibility index (Phi) is 4.14. The van der Waals surface area contributed by atoms with Gasteiger partial charge in [0.25, 0.3) is 5.56 Å². The van der Waals surface area contributed by atoms with Crippen LogP contribution in [0.15, 0.2) is 47.5 Å². The average Bonchev–Trinajstić information content (AvgIpc) is 3.13. The lowest BCUT2D eigenvalue weighted by molar-refractivity contribution is -0.140. The van der Waals surface area contributed by atoms with Gasteiger partial charge >= 0.3 is 12.4 Å². The van der Waals surface area contributed by atoms with E-state index in [1.165, 1.54) is 24.4 Å². The lowest BCUT2D eigenvalue weighted by atomic mass is 10.0. The zero-order valence-corrected chi connectivity index (χ0v) is 14.3. The van der Waals surface area contributed by atoms with Crippen molar-refractivity contribution in [3.63, 3.8) is 0 Å². The molecule has 0 fully saturated rings. The van der Waals surface area contributed by atoms with Gasteiger partial charge in [0.1, 0.15) is 12.1 Å². The quantitative estimate of drug-likeness (QED) is 0.493. The highest BCUT2D eigenvalue weighted by molar-refractivity contribution is 6.01. The number of fused-ring (bicyclic) bond motifs is 3. The van der Waals surface area contributed by atoms with Crippen molar-refractivity contribution in [2.75, 3.05) is 0 Å². The number of nitrogens with zero attached hydrogens (tertiary/aromatic N) is 3. The number of benzene rings is 1. The normalized spacial score (nSPS) is 12.8. The lowest BCUT2D eigenvalue weighted by Gasteiger charge is -2.14. The van der Waals surface area contributed by atoms with E-state index in [1.54, 1.807) is 0 Å². The second-order valence-electron chi connectivity index (χ2n) is 6.33. The Morgan fingerprint density at radius 2 is 1.66 bits per heavy atom. The van der Waals surface area contributed by atoms with E-state index in [0.717, 1.165) is 18.3 Å². The van der Waals surface area contributed by atoms with Gasteiger partial charge in [-0.05, 0) is 23.8 Å². The molecule has 1 N–H and O–H groups in total. The zero-order chi connectivity index (χ0) is 21.0. The predicted molar refractivity (Wildman–Crippen MR) is 92.1 cm³/mol. The maximum Gasteiger partial charge on any atom is 0.416 e. The largest absolute Gasteiger partial charge is 0.416 e. The van der Waals surface area contributed by atoms with E-state index in [4.69, 9.17) is 0 Å².